The van der Waals surface area contributed by atoms with E-state index in [1.165, 1.54) is 10.9 Å². The van der Waals surface area contributed by atoms with Crippen LogP contribution in [-0.4, -0.2) is 70.2 Å². The second-order valence-electron chi connectivity index (χ2n) is 11.2. The van der Waals surface area contributed by atoms with Crippen LogP contribution in [0.4, 0.5) is 10.3 Å². The van der Waals surface area contributed by atoms with Crippen LogP contribution in [0.2, 0.25) is 18.1 Å². The lowest BCUT2D eigenvalue weighted by molar-refractivity contribution is -0.118. The third-order valence-corrected chi connectivity index (χ3v) is 13.0. The molecule has 0 aromatic carbocycles. The molecule has 17 heteroatoms. The lowest BCUT2D eigenvalue weighted by atomic mass is 10.1. The summed E-state index contributed by atoms with van der Waals surface area (Å²) in [4.78, 5) is 46.4. The molecule has 3 rings (SSSR count). The number of carbonyl (C=O) groups excluding carboxylic acids is 1. The molecule has 1 fully saturated rings. The van der Waals surface area contributed by atoms with Gasteiger partial charge in [0.15, 0.2) is 31.9 Å². The number of H-pyrrole nitrogens is 1. The largest absolute Gasteiger partial charge is 0.414 e. The van der Waals surface area contributed by atoms with Crippen molar-refractivity contribution >= 4 is 49.9 Å². The number of halogens is 1. The predicted octanol–water partition coefficient (Wildman–Crippen LogP) is 3.50. The molecule has 1 aliphatic rings. The van der Waals surface area contributed by atoms with Crippen molar-refractivity contribution in [3.05, 3.63) is 16.7 Å². The molecule has 13 nitrogen and oxygen atoms in total. The van der Waals surface area contributed by atoms with E-state index in [1.807, 2.05) is 39.9 Å². The molecular formula is C23H36FN6O7PSSi. The van der Waals surface area contributed by atoms with Gasteiger partial charge in [-0.3, -0.25) is 29.0 Å². The Morgan fingerprint density at radius 3 is 2.73 bits per heavy atom. The fraction of sp³-hybridized carbons (Fsp3) is 0.696. The maximum Gasteiger partial charge on any atom is 0.325 e. The van der Waals surface area contributed by atoms with Gasteiger partial charge in [0, 0.05) is 5.92 Å². The standard InChI is InChI=1S/C23H36FN6O7PSSi/c1-13(2)19(31)28-22-27-18-16(20(32)29-22)26-12-30(18)21-17(37-38(33,39)34-10-8-9-25)15(24)14(36-21)11-35-40(6,7)23(3,4)5/h12-15,17,21H,8,10-11H2,1-7H3,(H,33,39)(H2,27,28,29,31,32)/t14-,15-,17-,21-,38?/m1/s1. The molecule has 0 radical (unpaired) electrons. The smallest absolute Gasteiger partial charge is 0.325 e. The number of ether oxygens (including phenoxy) is 1. The summed E-state index contributed by atoms with van der Waals surface area (Å²) in [5.41, 5.74) is -0.744. The summed E-state index contributed by atoms with van der Waals surface area (Å²) < 4.78 is 40.3. The molecule has 1 unspecified atom stereocenters. The summed E-state index contributed by atoms with van der Waals surface area (Å²) in [5.74, 6) is -0.894. The lowest BCUT2D eigenvalue weighted by Gasteiger charge is -2.37. The first-order valence-corrected chi connectivity index (χ1v) is 18.2. The Bertz CT molecular complexity index is 1370. The van der Waals surface area contributed by atoms with E-state index in [4.69, 9.17) is 35.3 Å². The van der Waals surface area contributed by atoms with Gasteiger partial charge in [-0.1, -0.05) is 34.6 Å². The molecule has 0 aliphatic carbocycles. The highest BCUT2D eigenvalue weighted by Gasteiger charge is 2.51. The topological polar surface area (TPSA) is 174 Å². The molecule has 3 heterocycles. The number of amides is 1. The Hall–Kier alpha value is -2.09. The average Bonchev–Trinajstić information content (AvgIpc) is 3.38. The quantitative estimate of drug-likeness (QED) is 0.191. The number of alkyl halides is 1. The number of rotatable bonds is 11. The first-order chi connectivity index (χ1) is 18.5. The van der Waals surface area contributed by atoms with Gasteiger partial charge in [-0.2, -0.15) is 10.2 Å². The lowest BCUT2D eigenvalue weighted by Crippen LogP contribution is -2.44. The van der Waals surface area contributed by atoms with Crippen molar-refractivity contribution in [3.63, 3.8) is 0 Å². The van der Waals surface area contributed by atoms with Gasteiger partial charge in [-0.05, 0) is 29.9 Å². The summed E-state index contributed by atoms with van der Waals surface area (Å²) in [6.07, 6.45) is -4.58. The minimum absolute atomic E-state index is 0.0174. The normalized spacial score (nSPS) is 23.3. The first-order valence-electron chi connectivity index (χ1n) is 12.7. The molecule has 1 aliphatic heterocycles. The Balaban J connectivity index is 1.99. The van der Waals surface area contributed by atoms with Crippen molar-refractivity contribution in [1.82, 2.24) is 19.5 Å². The van der Waals surface area contributed by atoms with Crippen LogP contribution < -0.4 is 10.9 Å². The van der Waals surface area contributed by atoms with Gasteiger partial charge in [-0.15, -0.1) is 0 Å². The van der Waals surface area contributed by atoms with Crippen LogP contribution in [0.25, 0.3) is 11.2 Å². The van der Waals surface area contributed by atoms with Gasteiger partial charge in [0.05, 0.1) is 32.0 Å². The summed E-state index contributed by atoms with van der Waals surface area (Å²) in [5, 5.41) is 11.1. The maximum absolute atomic E-state index is 16.0. The number of imidazole rings is 1. The Labute approximate surface area is 237 Å². The third kappa shape index (κ3) is 7.40. The molecule has 0 saturated carbocycles. The predicted molar refractivity (Wildman–Crippen MR) is 151 cm³/mol. The molecule has 0 spiro atoms. The van der Waals surface area contributed by atoms with E-state index < -0.39 is 45.2 Å². The number of carbonyl (C=O) groups is 1. The summed E-state index contributed by atoms with van der Waals surface area (Å²) >= 11 is 5.07. The minimum Gasteiger partial charge on any atom is -0.414 e. The van der Waals surface area contributed by atoms with Gasteiger partial charge in [0.2, 0.25) is 11.9 Å². The second-order valence-corrected chi connectivity index (χ2v) is 18.8. The van der Waals surface area contributed by atoms with Crippen LogP contribution in [0.1, 0.15) is 47.3 Å². The van der Waals surface area contributed by atoms with Gasteiger partial charge in [0.1, 0.15) is 12.2 Å². The molecule has 5 atom stereocenters. The number of anilines is 1. The van der Waals surface area contributed by atoms with Crippen molar-refractivity contribution in [2.24, 2.45) is 5.92 Å². The second kappa shape index (κ2) is 12.4. The number of fused-ring (bicyclic) bond motifs is 1. The van der Waals surface area contributed by atoms with Crippen LogP contribution in [0, 0.1) is 17.2 Å². The zero-order valence-electron chi connectivity index (χ0n) is 23.5. The van der Waals surface area contributed by atoms with Crippen molar-refractivity contribution in [2.75, 3.05) is 18.5 Å². The molecule has 2 aromatic rings. The van der Waals surface area contributed by atoms with Crippen LogP contribution in [0.3, 0.4) is 0 Å². The van der Waals surface area contributed by atoms with E-state index in [0.29, 0.717) is 0 Å². The number of aromatic nitrogens is 4. The number of aromatic amines is 1. The number of nitrogens with zero attached hydrogens (tertiary/aromatic N) is 4. The molecule has 3 N–H and O–H groups in total. The van der Waals surface area contributed by atoms with Gasteiger partial charge < -0.3 is 18.6 Å². The fourth-order valence-corrected chi connectivity index (χ4v) is 5.94. The maximum atomic E-state index is 16.0. The van der Waals surface area contributed by atoms with Crippen LogP contribution >= 0.6 is 6.72 Å². The highest BCUT2D eigenvalue weighted by molar-refractivity contribution is 8.07. The zero-order chi connectivity index (χ0) is 30.0. The van der Waals surface area contributed by atoms with Crippen LogP contribution in [0.15, 0.2) is 11.1 Å². The van der Waals surface area contributed by atoms with Gasteiger partial charge in [-0.25, -0.2) is 9.37 Å². The molecule has 0 bridgehead atoms. The van der Waals surface area contributed by atoms with Crippen molar-refractivity contribution in [2.45, 2.75) is 83.8 Å². The number of hydrogen-bond donors (Lipinski definition) is 3. The Kier molecular flexibility index (Phi) is 10.1. The van der Waals surface area contributed by atoms with Crippen LogP contribution in [0.5, 0.6) is 0 Å². The SMILES string of the molecule is CC(C)C(=O)Nc1nc2c(ncn2[C@@H]2O[C@H](CO[Si](C)(C)C(C)(C)C)[C@@H](F)[C@H]2OP(O)(=S)OCCC#N)c(=O)[nH]1. The van der Waals surface area contributed by atoms with Crippen molar-refractivity contribution < 1.29 is 32.3 Å². The third-order valence-electron chi connectivity index (χ3n) is 6.87. The molecular weight excluding hydrogens is 582 g/mol. The fourth-order valence-electron chi connectivity index (χ4n) is 3.50. The van der Waals surface area contributed by atoms with E-state index in [2.05, 4.69) is 20.3 Å². The minimum atomic E-state index is -4.01. The molecule has 2 aromatic heterocycles. The Morgan fingerprint density at radius 2 is 2.12 bits per heavy atom. The van der Waals surface area contributed by atoms with E-state index in [-0.39, 0.29) is 53.6 Å². The van der Waals surface area contributed by atoms with E-state index >= 15 is 4.39 Å². The first kappa shape index (κ1) is 32.4. The summed E-state index contributed by atoms with van der Waals surface area (Å²) in [6.45, 7) is 9.21. The highest BCUT2D eigenvalue weighted by Crippen LogP contribution is 2.50. The molecule has 1 amide bonds. The highest BCUT2D eigenvalue weighted by atomic mass is 32.5. The van der Waals surface area contributed by atoms with Gasteiger partial charge >= 0.3 is 6.72 Å². The van der Waals surface area contributed by atoms with Crippen molar-refractivity contribution in [3.8, 4) is 6.07 Å². The number of hydrogen-bond acceptors (Lipinski definition) is 10. The summed E-state index contributed by atoms with van der Waals surface area (Å²) in [7, 11) is -2.29. The van der Waals surface area contributed by atoms with E-state index in [0.717, 1.165) is 0 Å². The average molecular weight is 619 g/mol. The van der Waals surface area contributed by atoms with Crippen LogP contribution in [-0.2, 0) is 34.8 Å². The van der Waals surface area contributed by atoms with Crippen molar-refractivity contribution in [1.29, 1.82) is 5.26 Å². The van der Waals surface area contributed by atoms with E-state index in [9.17, 15) is 14.5 Å². The monoisotopic (exact) mass is 618 g/mol. The Morgan fingerprint density at radius 1 is 1.45 bits per heavy atom. The summed E-state index contributed by atoms with van der Waals surface area (Å²) in [6, 6.07) is 1.86. The van der Waals surface area contributed by atoms with E-state index in [1.54, 1.807) is 13.8 Å². The number of nitrogens with one attached hydrogen (secondary N) is 2. The molecule has 1 saturated heterocycles. The zero-order valence-corrected chi connectivity index (χ0v) is 26.2. The van der Waals surface area contributed by atoms with Gasteiger partial charge in [0.25, 0.3) is 5.56 Å². The molecule has 40 heavy (non-hydrogen) atoms. The molecule has 222 valence electrons. The number of nitriles is 1.